The number of piperidine rings is 1. The highest BCUT2D eigenvalue weighted by Crippen LogP contribution is 2.26. The van der Waals surface area contributed by atoms with E-state index in [0.29, 0.717) is 19.6 Å². The number of primary amides is 1. The van der Waals surface area contributed by atoms with Gasteiger partial charge in [0.2, 0.25) is 0 Å². The van der Waals surface area contributed by atoms with Crippen molar-refractivity contribution in [2.24, 2.45) is 5.73 Å². The minimum atomic E-state index is -0.584. The first-order valence-electron chi connectivity index (χ1n) is 9.59. The number of hydrogen-bond donors (Lipinski definition) is 2. The third-order valence-corrected chi connectivity index (χ3v) is 5.33. The predicted octanol–water partition coefficient (Wildman–Crippen LogP) is 0.901. The van der Waals surface area contributed by atoms with Crippen LogP contribution in [0.4, 0.5) is 4.79 Å². The zero-order valence-corrected chi connectivity index (χ0v) is 15.6. The molecule has 1 aromatic heterocycles. The van der Waals surface area contributed by atoms with E-state index in [2.05, 4.69) is 27.8 Å². The molecule has 0 spiro atoms. The molecule has 0 aliphatic carbocycles. The maximum absolute atomic E-state index is 12.4. The molecule has 1 fully saturated rings. The normalized spacial score (nSPS) is 16.5. The lowest BCUT2D eigenvalue weighted by molar-refractivity contribution is 0.0995. The van der Waals surface area contributed by atoms with Gasteiger partial charge in [0.1, 0.15) is 5.75 Å². The Morgan fingerprint density at radius 1 is 1.29 bits per heavy atom. The molecule has 0 radical (unpaired) electrons. The lowest BCUT2D eigenvalue weighted by Gasteiger charge is -2.31. The van der Waals surface area contributed by atoms with Crippen LogP contribution in [0.3, 0.4) is 0 Å². The van der Waals surface area contributed by atoms with Crippen molar-refractivity contribution in [1.82, 2.24) is 25.2 Å². The van der Waals surface area contributed by atoms with E-state index in [-0.39, 0.29) is 17.8 Å². The summed E-state index contributed by atoms with van der Waals surface area (Å²) in [6.07, 6.45) is 4.85. The SMILES string of the molecule is NC(=O)c1cn(C2CCN(C(=O)NCCc3ccc4c(c3)CCO4)CC2)nn1. The lowest BCUT2D eigenvalue weighted by atomic mass is 10.1. The number of carbonyl (C=O) groups excluding carboxylic acids is 2. The maximum atomic E-state index is 12.4. The minimum absolute atomic E-state index is 0.0423. The summed E-state index contributed by atoms with van der Waals surface area (Å²) in [5.41, 5.74) is 7.83. The molecule has 1 saturated heterocycles. The van der Waals surface area contributed by atoms with Crippen LogP contribution in [-0.2, 0) is 12.8 Å². The number of fused-ring (bicyclic) bond motifs is 1. The lowest BCUT2D eigenvalue weighted by Crippen LogP contribution is -2.45. The second-order valence-corrected chi connectivity index (χ2v) is 7.19. The van der Waals surface area contributed by atoms with Crippen LogP contribution < -0.4 is 15.8 Å². The number of urea groups is 1. The highest BCUT2D eigenvalue weighted by atomic mass is 16.5. The standard InChI is InChI=1S/C19H24N6O3/c20-18(26)16-12-25(23-22-16)15-4-8-24(9-5-15)19(27)21-7-3-13-1-2-17-14(11-13)6-10-28-17/h1-2,11-12,15H,3-10H2,(H2,20,26)(H,21,27). The van der Waals surface area contributed by atoms with Crippen LogP contribution in [0.15, 0.2) is 24.4 Å². The Morgan fingerprint density at radius 3 is 2.86 bits per heavy atom. The van der Waals surface area contributed by atoms with Crippen LogP contribution in [0.1, 0.15) is 40.5 Å². The quantitative estimate of drug-likeness (QED) is 0.795. The molecule has 4 rings (SSSR count). The summed E-state index contributed by atoms with van der Waals surface area (Å²) in [5.74, 6) is 0.393. The third-order valence-electron chi connectivity index (χ3n) is 5.33. The number of rotatable bonds is 5. The third kappa shape index (κ3) is 3.92. The van der Waals surface area contributed by atoms with Gasteiger partial charge in [-0.3, -0.25) is 4.79 Å². The molecule has 1 aromatic carbocycles. The summed E-state index contributed by atoms with van der Waals surface area (Å²) >= 11 is 0. The van der Waals surface area contributed by atoms with Crippen LogP contribution >= 0.6 is 0 Å². The highest BCUT2D eigenvalue weighted by molar-refractivity contribution is 5.90. The summed E-state index contributed by atoms with van der Waals surface area (Å²) in [7, 11) is 0. The Balaban J connectivity index is 1.22. The van der Waals surface area contributed by atoms with Gasteiger partial charge in [0, 0.05) is 26.1 Å². The van der Waals surface area contributed by atoms with Crippen molar-refractivity contribution in [3.8, 4) is 5.75 Å². The van der Waals surface area contributed by atoms with E-state index in [1.807, 2.05) is 11.0 Å². The van der Waals surface area contributed by atoms with Gasteiger partial charge < -0.3 is 20.7 Å². The number of nitrogens with two attached hydrogens (primary N) is 1. The van der Waals surface area contributed by atoms with Gasteiger partial charge in [0.25, 0.3) is 5.91 Å². The van der Waals surface area contributed by atoms with Crippen molar-refractivity contribution < 1.29 is 14.3 Å². The molecule has 3 amide bonds. The molecule has 2 aromatic rings. The molecule has 148 valence electrons. The first-order valence-corrected chi connectivity index (χ1v) is 9.59. The van der Waals surface area contributed by atoms with Crippen LogP contribution in [0, 0.1) is 0 Å². The molecule has 9 heteroatoms. The number of hydrogen-bond acceptors (Lipinski definition) is 5. The summed E-state index contributed by atoms with van der Waals surface area (Å²) in [5, 5.41) is 10.8. The van der Waals surface area contributed by atoms with Gasteiger partial charge >= 0.3 is 6.03 Å². The van der Waals surface area contributed by atoms with E-state index in [1.54, 1.807) is 10.9 Å². The van der Waals surface area contributed by atoms with Gasteiger partial charge in [-0.1, -0.05) is 17.3 Å². The fourth-order valence-corrected chi connectivity index (χ4v) is 3.72. The smallest absolute Gasteiger partial charge is 0.317 e. The number of likely N-dealkylation sites (tertiary alicyclic amines) is 1. The topological polar surface area (TPSA) is 115 Å². The van der Waals surface area contributed by atoms with Crippen molar-refractivity contribution in [3.05, 3.63) is 41.2 Å². The fourth-order valence-electron chi connectivity index (χ4n) is 3.72. The number of aromatic nitrogens is 3. The summed E-state index contributed by atoms with van der Waals surface area (Å²) < 4.78 is 7.19. The average Bonchev–Trinajstić information content (AvgIpc) is 3.37. The van der Waals surface area contributed by atoms with Gasteiger partial charge in [0.15, 0.2) is 5.69 Å². The van der Waals surface area contributed by atoms with Crippen LogP contribution in [0.25, 0.3) is 0 Å². The highest BCUT2D eigenvalue weighted by Gasteiger charge is 2.25. The number of ether oxygens (including phenoxy) is 1. The molecule has 2 aliphatic rings. The zero-order valence-electron chi connectivity index (χ0n) is 15.6. The summed E-state index contributed by atoms with van der Waals surface area (Å²) in [4.78, 5) is 25.4. The largest absolute Gasteiger partial charge is 0.493 e. The van der Waals surface area contributed by atoms with Crippen molar-refractivity contribution in [1.29, 1.82) is 0 Å². The van der Waals surface area contributed by atoms with Gasteiger partial charge in [-0.2, -0.15) is 0 Å². The van der Waals surface area contributed by atoms with Gasteiger partial charge in [-0.15, -0.1) is 5.10 Å². The van der Waals surface area contributed by atoms with Gasteiger partial charge in [0.05, 0.1) is 18.8 Å². The molecule has 0 saturated carbocycles. The van der Waals surface area contributed by atoms with Crippen molar-refractivity contribution in [3.63, 3.8) is 0 Å². The average molecular weight is 384 g/mol. The summed E-state index contributed by atoms with van der Waals surface area (Å²) in [6.45, 7) is 2.63. The van der Waals surface area contributed by atoms with Crippen molar-refractivity contribution >= 4 is 11.9 Å². The summed E-state index contributed by atoms with van der Waals surface area (Å²) in [6, 6.07) is 6.31. The molecule has 3 N–H and O–H groups in total. The molecular weight excluding hydrogens is 360 g/mol. The molecule has 0 unspecified atom stereocenters. The Hall–Kier alpha value is -3.10. The monoisotopic (exact) mass is 384 g/mol. The van der Waals surface area contributed by atoms with Crippen molar-refractivity contribution in [2.75, 3.05) is 26.2 Å². The van der Waals surface area contributed by atoms with E-state index in [9.17, 15) is 9.59 Å². The second-order valence-electron chi connectivity index (χ2n) is 7.19. The molecular formula is C19H24N6O3. The van der Waals surface area contributed by atoms with E-state index >= 15 is 0 Å². The van der Waals surface area contributed by atoms with E-state index in [1.165, 1.54) is 11.1 Å². The molecule has 0 bridgehead atoms. The number of nitrogens with zero attached hydrogens (tertiary/aromatic N) is 4. The number of amides is 3. The Labute approximate surface area is 162 Å². The maximum Gasteiger partial charge on any atom is 0.317 e. The van der Waals surface area contributed by atoms with Crippen LogP contribution in [-0.4, -0.2) is 58.1 Å². The number of benzene rings is 1. The molecule has 3 heterocycles. The van der Waals surface area contributed by atoms with Crippen LogP contribution in [0.5, 0.6) is 5.75 Å². The number of nitrogens with one attached hydrogen (secondary N) is 1. The molecule has 0 atom stereocenters. The van der Waals surface area contributed by atoms with E-state index in [0.717, 1.165) is 38.0 Å². The molecule has 28 heavy (non-hydrogen) atoms. The first-order chi connectivity index (χ1) is 13.6. The predicted molar refractivity (Wildman–Crippen MR) is 101 cm³/mol. The van der Waals surface area contributed by atoms with Crippen LogP contribution in [0.2, 0.25) is 0 Å². The zero-order chi connectivity index (χ0) is 19.5. The Bertz CT molecular complexity index is 872. The van der Waals surface area contributed by atoms with E-state index in [4.69, 9.17) is 10.5 Å². The first kappa shape index (κ1) is 18.3. The second kappa shape index (κ2) is 7.87. The molecule has 9 nitrogen and oxygen atoms in total. The Kier molecular flexibility index (Phi) is 5.14. The van der Waals surface area contributed by atoms with Gasteiger partial charge in [-0.25, -0.2) is 9.48 Å². The Morgan fingerprint density at radius 2 is 2.11 bits per heavy atom. The fraction of sp³-hybridized carbons (Fsp3) is 0.474. The van der Waals surface area contributed by atoms with Crippen molar-refractivity contribution in [2.45, 2.75) is 31.7 Å². The number of carbonyl (C=O) groups is 2. The minimum Gasteiger partial charge on any atom is -0.493 e. The van der Waals surface area contributed by atoms with Gasteiger partial charge in [-0.05, 0) is 36.5 Å². The molecule has 2 aliphatic heterocycles. The van der Waals surface area contributed by atoms with E-state index < -0.39 is 5.91 Å².